The van der Waals surface area contributed by atoms with Crippen molar-refractivity contribution in [3.8, 4) is 0 Å². The van der Waals surface area contributed by atoms with Gasteiger partial charge in [0.15, 0.2) is 0 Å². The lowest BCUT2D eigenvalue weighted by Crippen LogP contribution is -2.38. The maximum absolute atomic E-state index is 12.5. The van der Waals surface area contributed by atoms with Gasteiger partial charge in [0, 0.05) is 37.5 Å². The number of carboxylic acids is 1. The molecule has 0 saturated carbocycles. The summed E-state index contributed by atoms with van der Waals surface area (Å²) in [5.74, 6) is -2.22. The summed E-state index contributed by atoms with van der Waals surface area (Å²) in [5.41, 5.74) is 0.613. The molecule has 1 rings (SSSR count). The van der Waals surface area contributed by atoms with E-state index in [1.165, 1.54) is 0 Å². The first-order chi connectivity index (χ1) is 15.0. The Bertz CT molecular complexity index is 712. The summed E-state index contributed by atoms with van der Waals surface area (Å²) >= 11 is 0. The van der Waals surface area contributed by atoms with Crippen LogP contribution in [0.25, 0.3) is 0 Å². The van der Waals surface area contributed by atoms with Crippen LogP contribution in [-0.4, -0.2) is 51.1 Å². The standard InChI is InChI=1S/C24H37NO7/c1-15(19(26)10-7-8-18-13-21(28)25-22(29)14-18)12-16(2)24(32)17(3)20(27)9-5-4-6-11-23(30)31/h4-5,12,15,17-18,20,24,27,32H,6-11,13-14H2,1-3H3,(H,30,31)(H,25,28,29)/b5-4+,16-12+/t15-,17+,20-,24-/m1/s1. The first kappa shape index (κ1) is 27.7. The second kappa shape index (κ2) is 14.0. The molecule has 1 heterocycles. The molecule has 0 radical (unpaired) electrons. The Labute approximate surface area is 189 Å². The highest BCUT2D eigenvalue weighted by molar-refractivity contribution is 5.97. The Morgan fingerprint density at radius 2 is 1.72 bits per heavy atom. The zero-order valence-electron chi connectivity index (χ0n) is 19.3. The third-order valence-electron chi connectivity index (χ3n) is 5.92. The molecule has 1 aliphatic heterocycles. The normalized spacial score (nSPS) is 19.5. The van der Waals surface area contributed by atoms with Gasteiger partial charge in [0.25, 0.3) is 0 Å². The third kappa shape index (κ3) is 10.3. The molecule has 4 atom stereocenters. The zero-order chi connectivity index (χ0) is 24.3. The Morgan fingerprint density at radius 3 is 2.31 bits per heavy atom. The molecule has 32 heavy (non-hydrogen) atoms. The summed E-state index contributed by atoms with van der Waals surface area (Å²) in [6.45, 7) is 5.22. The number of rotatable bonds is 14. The highest BCUT2D eigenvalue weighted by Crippen LogP contribution is 2.23. The number of piperidine rings is 1. The van der Waals surface area contributed by atoms with Gasteiger partial charge >= 0.3 is 5.97 Å². The third-order valence-corrected chi connectivity index (χ3v) is 5.92. The highest BCUT2D eigenvalue weighted by Gasteiger charge is 2.26. The maximum Gasteiger partial charge on any atom is 0.303 e. The van der Waals surface area contributed by atoms with Crippen LogP contribution in [0.4, 0.5) is 0 Å². The van der Waals surface area contributed by atoms with Crippen molar-refractivity contribution in [3.05, 3.63) is 23.8 Å². The Kier molecular flexibility index (Phi) is 12.1. The quantitative estimate of drug-likeness (QED) is 0.235. The molecule has 0 bridgehead atoms. The van der Waals surface area contributed by atoms with E-state index in [0.29, 0.717) is 50.5 Å². The van der Waals surface area contributed by atoms with E-state index in [4.69, 9.17) is 5.11 Å². The van der Waals surface area contributed by atoms with E-state index < -0.39 is 24.1 Å². The molecule has 1 saturated heterocycles. The van der Waals surface area contributed by atoms with Crippen LogP contribution in [0.5, 0.6) is 0 Å². The molecule has 8 heteroatoms. The van der Waals surface area contributed by atoms with Gasteiger partial charge < -0.3 is 15.3 Å². The number of carbonyl (C=O) groups is 4. The molecule has 8 nitrogen and oxygen atoms in total. The van der Waals surface area contributed by atoms with Gasteiger partial charge in [-0.25, -0.2) is 0 Å². The fraction of sp³-hybridized carbons (Fsp3) is 0.667. The van der Waals surface area contributed by atoms with Crippen LogP contribution in [-0.2, 0) is 19.2 Å². The lowest BCUT2D eigenvalue weighted by molar-refractivity contribution is -0.137. The molecule has 4 N–H and O–H groups in total. The van der Waals surface area contributed by atoms with Crippen molar-refractivity contribution < 1.29 is 34.5 Å². The van der Waals surface area contributed by atoms with E-state index in [2.05, 4.69) is 5.32 Å². The van der Waals surface area contributed by atoms with Crippen molar-refractivity contribution in [3.63, 3.8) is 0 Å². The van der Waals surface area contributed by atoms with Gasteiger partial charge in [-0.3, -0.25) is 24.5 Å². The van der Waals surface area contributed by atoms with Crippen molar-refractivity contribution in [1.82, 2.24) is 5.32 Å². The number of hydrogen-bond donors (Lipinski definition) is 4. The number of amides is 2. The van der Waals surface area contributed by atoms with Gasteiger partial charge in [0.2, 0.25) is 11.8 Å². The van der Waals surface area contributed by atoms with Crippen LogP contribution < -0.4 is 5.32 Å². The van der Waals surface area contributed by atoms with Gasteiger partial charge in [0.05, 0.1) is 12.2 Å². The predicted molar refractivity (Wildman–Crippen MR) is 119 cm³/mol. The average molecular weight is 452 g/mol. The average Bonchev–Trinajstić information content (AvgIpc) is 2.71. The number of aliphatic hydroxyl groups is 2. The number of allylic oxidation sites excluding steroid dienone is 2. The van der Waals surface area contributed by atoms with Crippen LogP contribution in [0, 0.1) is 17.8 Å². The summed E-state index contributed by atoms with van der Waals surface area (Å²) in [7, 11) is 0. The summed E-state index contributed by atoms with van der Waals surface area (Å²) < 4.78 is 0. The molecule has 0 unspecified atom stereocenters. The van der Waals surface area contributed by atoms with Gasteiger partial charge in [-0.15, -0.1) is 0 Å². The van der Waals surface area contributed by atoms with E-state index in [1.54, 1.807) is 39.0 Å². The number of aliphatic carboxylic acids is 1. The minimum Gasteiger partial charge on any atom is -0.481 e. The van der Waals surface area contributed by atoms with E-state index >= 15 is 0 Å². The van der Waals surface area contributed by atoms with Crippen LogP contribution in [0.15, 0.2) is 23.8 Å². The van der Waals surface area contributed by atoms with Gasteiger partial charge in [-0.1, -0.05) is 32.1 Å². The molecule has 0 aromatic rings. The molecule has 0 aliphatic carbocycles. The summed E-state index contributed by atoms with van der Waals surface area (Å²) in [4.78, 5) is 45.8. The molecule has 0 aromatic heterocycles. The smallest absolute Gasteiger partial charge is 0.303 e. The number of ketones is 1. The second-order valence-electron chi connectivity index (χ2n) is 8.81. The molecule has 0 aromatic carbocycles. The number of hydrogen-bond acceptors (Lipinski definition) is 6. The highest BCUT2D eigenvalue weighted by atomic mass is 16.4. The summed E-state index contributed by atoms with van der Waals surface area (Å²) in [6, 6.07) is 0. The molecule has 1 aliphatic rings. The maximum atomic E-state index is 12.5. The Hall–Kier alpha value is -2.32. The summed E-state index contributed by atoms with van der Waals surface area (Å²) in [6.07, 6.45) is 6.39. The lowest BCUT2D eigenvalue weighted by atomic mass is 9.88. The van der Waals surface area contributed by atoms with Crippen molar-refractivity contribution in [2.45, 2.75) is 84.3 Å². The topological polar surface area (TPSA) is 141 Å². The number of nitrogens with one attached hydrogen (secondary N) is 1. The summed E-state index contributed by atoms with van der Waals surface area (Å²) in [5, 5.41) is 31.7. The molecule has 2 amide bonds. The number of carboxylic acid groups (broad SMARTS) is 1. The molecular formula is C24H37NO7. The lowest BCUT2D eigenvalue weighted by Gasteiger charge is -2.24. The van der Waals surface area contributed by atoms with Gasteiger partial charge in [0.1, 0.15) is 5.78 Å². The van der Waals surface area contributed by atoms with Crippen molar-refractivity contribution in [2.24, 2.45) is 17.8 Å². The van der Waals surface area contributed by atoms with Crippen LogP contribution in [0.1, 0.15) is 72.1 Å². The molecule has 180 valence electrons. The van der Waals surface area contributed by atoms with E-state index in [9.17, 15) is 29.4 Å². The Morgan fingerprint density at radius 1 is 1.09 bits per heavy atom. The monoisotopic (exact) mass is 451 g/mol. The van der Waals surface area contributed by atoms with Crippen LogP contribution in [0.2, 0.25) is 0 Å². The fourth-order valence-electron chi connectivity index (χ4n) is 3.84. The van der Waals surface area contributed by atoms with E-state index in [-0.39, 0.29) is 35.9 Å². The van der Waals surface area contributed by atoms with E-state index in [1.807, 2.05) is 0 Å². The molecule has 1 fully saturated rings. The van der Waals surface area contributed by atoms with Gasteiger partial charge in [-0.05, 0) is 44.1 Å². The minimum atomic E-state index is -0.903. The Balaban J connectivity index is 2.45. The SMILES string of the molecule is C/C(=C\[C@@H](C)C(=O)CCCC1CC(=O)NC(=O)C1)[C@@H](O)[C@@H](C)[C@H](O)C/C=C/CCC(=O)O. The van der Waals surface area contributed by atoms with Crippen molar-refractivity contribution in [1.29, 1.82) is 0 Å². The number of carbonyl (C=O) groups excluding carboxylic acids is 3. The number of Topliss-reactive ketones (excluding diaryl/α,β-unsaturated/α-hetero) is 1. The minimum absolute atomic E-state index is 0.0148. The second-order valence-corrected chi connectivity index (χ2v) is 8.81. The van der Waals surface area contributed by atoms with Crippen LogP contribution in [0.3, 0.4) is 0 Å². The van der Waals surface area contributed by atoms with Crippen molar-refractivity contribution in [2.75, 3.05) is 0 Å². The predicted octanol–water partition coefficient (Wildman–Crippen LogP) is 2.53. The molecule has 0 spiro atoms. The largest absolute Gasteiger partial charge is 0.481 e. The first-order valence-electron chi connectivity index (χ1n) is 11.3. The fourth-order valence-corrected chi connectivity index (χ4v) is 3.84. The number of imide groups is 1. The van der Waals surface area contributed by atoms with Crippen LogP contribution >= 0.6 is 0 Å². The number of aliphatic hydroxyl groups excluding tert-OH is 2. The zero-order valence-corrected chi connectivity index (χ0v) is 19.3. The first-order valence-corrected chi connectivity index (χ1v) is 11.3. The van der Waals surface area contributed by atoms with Crippen molar-refractivity contribution >= 4 is 23.6 Å². The van der Waals surface area contributed by atoms with E-state index in [0.717, 1.165) is 0 Å². The molecular weight excluding hydrogens is 414 g/mol. The van der Waals surface area contributed by atoms with Gasteiger partial charge in [-0.2, -0.15) is 0 Å².